The lowest BCUT2D eigenvalue weighted by atomic mass is 10.1. The molecule has 6 heterocycles. The third kappa shape index (κ3) is 8.97. The zero-order valence-corrected chi connectivity index (χ0v) is 36.7. The molecule has 8 rings (SSSR count). The van der Waals surface area contributed by atoms with Crippen LogP contribution in [0.3, 0.4) is 0 Å². The van der Waals surface area contributed by atoms with Crippen LogP contribution in [0.1, 0.15) is 84.1 Å². The fraction of sp³-hybridized carbons (Fsp3) is 0.304. The predicted octanol–water partition coefficient (Wildman–Crippen LogP) is 4.85. The Bertz CT molecular complexity index is 2810. The molecular formula is C46H49N11O8. The standard InChI is InChI=1S/C46H49N11O8/c1-7-47-42(59)28-10-11-34-27(16-28)12-13-56(34)46(63)36-18-30(24-54(36)4)49-43(60)35-17-29(23-53(35)3)50-44(61)41-52-39(25-55(41)5)51-40(58)9-8-14-65-38-20-33-32(19-37(38)64-6)45(62)57-22-26(2)15-31(57)21-48-33/h10-11,16-21,23-25,31H,2,7-9,12-15,22H2,1,3-6H3,(H,47,59)(H,49,60)(H,50,61)(H,51,58)/t31-/m0/s1. The van der Waals surface area contributed by atoms with E-state index in [4.69, 9.17) is 9.47 Å². The van der Waals surface area contributed by atoms with Crippen LogP contribution in [-0.4, -0.2) is 105 Å². The van der Waals surface area contributed by atoms with Crippen molar-refractivity contribution in [2.45, 2.75) is 38.6 Å². The second-order valence-electron chi connectivity index (χ2n) is 16.1. The van der Waals surface area contributed by atoms with E-state index in [1.54, 1.807) is 89.0 Å². The summed E-state index contributed by atoms with van der Waals surface area (Å²) in [5, 5.41) is 11.1. The first-order chi connectivity index (χ1) is 31.2. The van der Waals surface area contributed by atoms with Gasteiger partial charge in [-0.25, -0.2) is 4.98 Å². The highest BCUT2D eigenvalue weighted by Gasteiger charge is 2.34. The number of fused-ring (bicyclic) bond motifs is 3. The number of nitrogens with zero attached hydrogens (tertiary/aromatic N) is 7. The summed E-state index contributed by atoms with van der Waals surface area (Å²) in [5.41, 5.74) is 5.40. The Morgan fingerprint density at radius 2 is 1.60 bits per heavy atom. The molecule has 3 aromatic heterocycles. The number of aryl methyl sites for hydroxylation is 3. The van der Waals surface area contributed by atoms with Gasteiger partial charge in [-0.3, -0.25) is 33.8 Å². The molecule has 1 fully saturated rings. The highest BCUT2D eigenvalue weighted by molar-refractivity contribution is 6.10. The van der Waals surface area contributed by atoms with Crippen molar-refractivity contribution in [1.29, 1.82) is 0 Å². The number of carbonyl (C=O) groups is 6. The fourth-order valence-electron chi connectivity index (χ4n) is 8.20. The smallest absolute Gasteiger partial charge is 0.291 e. The average Bonchev–Trinajstić information content (AvgIpc) is 4.11. The molecule has 4 N–H and O–H groups in total. The predicted molar refractivity (Wildman–Crippen MR) is 243 cm³/mol. The van der Waals surface area contributed by atoms with Crippen LogP contribution in [-0.2, 0) is 32.4 Å². The minimum atomic E-state index is -0.569. The molecule has 0 unspecified atom stereocenters. The van der Waals surface area contributed by atoms with Crippen molar-refractivity contribution < 1.29 is 38.2 Å². The molecule has 0 spiro atoms. The SMILES string of the molecule is C=C1C[C@H]2C=Nc3cc(OCCCC(=O)Nc4cn(C)c(C(=O)Nc5cc(C(=O)Nc6cc(C(=O)N7CCc8cc(C(=O)NCC)ccc87)n(C)c6)n(C)c5)n4)c(OC)cc3C(=O)N2C1. The van der Waals surface area contributed by atoms with Crippen LogP contribution < -0.4 is 35.6 Å². The summed E-state index contributed by atoms with van der Waals surface area (Å²) >= 11 is 0. The van der Waals surface area contributed by atoms with Gasteiger partial charge in [0.15, 0.2) is 17.3 Å². The second-order valence-corrected chi connectivity index (χ2v) is 16.1. The monoisotopic (exact) mass is 883 g/mol. The Hall–Kier alpha value is -7.96. The summed E-state index contributed by atoms with van der Waals surface area (Å²) in [6, 6.07) is 11.6. The molecule has 0 radical (unpaired) electrons. The van der Waals surface area contributed by atoms with Gasteiger partial charge in [0.25, 0.3) is 29.5 Å². The number of nitrogens with one attached hydrogen (secondary N) is 4. The first kappa shape index (κ1) is 43.7. The third-order valence-electron chi connectivity index (χ3n) is 11.4. The van der Waals surface area contributed by atoms with Gasteiger partial charge in [0.2, 0.25) is 11.7 Å². The van der Waals surface area contributed by atoms with Crippen LogP contribution in [0.4, 0.5) is 28.6 Å². The Balaban J connectivity index is 0.827. The highest BCUT2D eigenvalue weighted by Crippen LogP contribution is 2.39. The van der Waals surface area contributed by atoms with Gasteiger partial charge >= 0.3 is 0 Å². The van der Waals surface area contributed by atoms with E-state index >= 15 is 0 Å². The Morgan fingerprint density at radius 1 is 0.862 bits per heavy atom. The van der Waals surface area contributed by atoms with Gasteiger partial charge < -0.3 is 54.2 Å². The molecular weight excluding hydrogens is 835 g/mol. The van der Waals surface area contributed by atoms with Gasteiger partial charge in [-0.2, -0.15) is 0 Å². The topological polar surface area (TPSA) is 216 Å². The van der Waals surface area contributed by atoms with E-state index in [9.17, 15) is 28.8 Å². The summed E-state index contributed by atoms with van der Waals surface area (Å²) in [7, 11) is 6.49. The largest absolute Gasteiger partial charge is 0.493 e. The summed E-state index contributed by atoms with van der Waals surface area (Å²) in [6.45, 7) is 7.49. The van der Waals surface area contributed by atoms with Gasteiger partial charge in [0, 0.05) is 89.3 Å². The zero-order valence-electron chi connectivity index (χ0n) is 36.7. The maximum Gasteiger partial charge on any atom is 0.291 e. The third-order valence-corrected chi connectivity index (χ3v) is 11.4. The number of ether oxygens (including phenoxy) is 2. The molecule has 0 aliphatic carbocycles. The van der Waals surface area contributed by atoms with E-state index in [2.05, 4.69) is 37.8 Å². The van der Waals surface area contributed by atoms with E-state index in [0.29, 0.717) is 84.3 Å². The number of aromatic nitrogens is 4. The van der Waals surface area contributed by atoms with E-state index in [1.807, 2.05) is 13.0 Å². The molecule has 6 amide bonds. The number of anilines is 4. The molecule has 1 saturated heterocycles. The van der Waals surface area contributed by atoms with E-state index in [-0.39, 0.29) is 60.0 Å². The van der Waals surface area contributed by atoms with E-state index in [1.165, 1.54) is 23.9 Å². The molecule has 65 heavy (non-hydrogen) atoms. The van der Waals surface area contributed by atoms with Crippen molar-refractivity contribution in [3.63, 3.8) is 0 Å². The van der Waals surface area contributed by atoms with Gasteiger partial charge in [-0.15, -0.1) is 0 Å². The molecule has 5 aromatic rings. The molecule has 0 bridgehead atoms. The maximum atomic E-state index is 13.7. The molecule has 336 valence electrons. The van der Waals surface area contributed by atoms with Crippen molar-refractivity contribution in [3.8, 4) is 11.5 Å². The van der Waals surface area contributed by atoms with Crippen LogP contribution in [0.15, 0.2) is 78.2 Å². The van der Waals surface area contributed by atoms with Crippen LogP contribution in [0.2, 0.25) is 0 Å². The number of imidazole rings is 1. The number of hydrogen-bond donors (Lipinski definition) is 4. The number of aliphatic imine (C=N–C) groups is 1. The number of carbonyl (C=O) groups excluding carboxylic acids is 6. The van der Waals surface area contributed by atoms with Crippen LogP contribution >= 0.6 is 0 Å². The van der Waals surface area contributed by atoms with Crippen molar-refractivity contribution in [1.82, 2.24) is 28.9 Å². The molecule has 1 atom stereocenters. The molecule has 2 aromatic carbocycles. The molecule has 19 nitrogen and oxygen atoms in total. The first-order valence-electron chi connectivity index (χ1n) is 21.1. The second kappa shape index (κ2) is 18.0. The normalized spacial score (nSPS) is 14.9. The maximum absolute atomic E-state index is 13.7. The number of methoxy groups -OCH3 is 1. The minimum Gasteiger partial charge on any atom is -0.493 e. The first-order valence-corrected chi connectivity index (χ1v) is 21.1. The summed E-state index contributed by atoms with van der Waals surface area (Å²) in [4.78, 5) is 91.2. The number of amides is 6. The fourth-order valence-corrected chi connectivity index (χ4v) is 8.20. The Labute approximate surface area is 374 Å². The van der Waals surface area contributed by atoms with Crippen molar-refractivity contribution in [2.75, 3.05) is 54.2 Å². The molecule has 0 saturated carbocycles. The molecule has 19 heteroatoms. The number of benzene rings is 2. The van der Waals surface area contributed by atoms with E-state index in [0.717, 1.165) is 16.8 Å². The molecule has 3 aliphatic rings. The van der Waals surface area contributed by atoms with Gasteiger partial charge in [0.1, 0.15) is 11.4 Å². The van der Waals surface area contributed by atoms with E-state index < -0.39 is 11.8 Å². The van der Waals surface area contributed by atoms with Crippen molar-refractivity contribution in [3.05, 3.63) is 107 Å². The lowest BCUT2D eigenvalue weighted by Gasteiger charge is -2.20. The molecule has 3 aliphatic heterocycles. The lowest BCUT2D eigenvalue weighted by Crippen LogP contribution is -2.35. The lowest BCUT2D eigenvalue weighted by molar-refractivity contribution is -0.116. The Morgan fingerprint density at radius 3 is 2.35 bits per heavy atom. The van der Waals surface area contributed by atoms with Crippen LogP contribution in [0.25, 0.3) is 0 Å². The van der Waals surface area contributed by atoms with Gasteiger partial charge in [-0.05, 0) is 68.1 Å². The van der Waals surface area contributed by atoms with Gasteiger partial charge in [0.05, 0.1) is 42.4 Å². The van der Waals surface area contributed by atoms with Gasteiger partial charge in [-0.1, -0.05) is 12.2 Å². The Kier molecular flexibility index (Phi) is 12.1. The highest BCUT2D eigenvalue weighted by atomic mass is 16.5. The van der Waals surface area contributed by atoms with Crippen molar-refractivity contribution >= 4 is 70.2 Å². The summed E-state index contributed by atoms with van der Waals surface area (Å²) < 4.78 is 16.2. The van der Waals surface area contributed by atoms with Crippen LogP contribution in [0.5, 0.6) is 11.5 Å². The van der Waals surface area contributed by atoms with Crippen molar-refractivity contribution in [2.24, 2.45) is 26.1 Å². The zero-order chi connectivity index (χ0) is 46.1. The van der Waals surface area contributed by atoms with Crippen LogP contribution in [0, 0.1) is 0 Å². The number of hydrogen-bond acceptors (Lipinski definition) is 10. The minimum absolute atomic E-state index is 0.0184. The summed E-state index contributed by atoms with van der Waals surface area (Å²) in [5.74, 6) is -0.966. The quantitative estimate of drug-likeness (QED) is 0.0885. The average molecular weight is 884 g/mol. The summed E-state index contributed by atoms with van der Waals surface area (Å²) in [6.07, 6.45) is 8.21. The number of rotatable bonds is 14.